The molecule has 0 aromatic carbocycles. The van der Waals surface area contributed by atoms with Gasteiger partial charge in [-0.2, -0.15) is 0 Å². The van der Waals surface area contributed by atoms with Crippen LogP contribution in [-0.2, 0) is 4.79 Å². The van der Waals surface area contributed by atoms with Crippen LogP contribution in [0.4, 0.5) is 0 Å². The van der Waals surface area contributed by atoms with E-state index in [-0.39, 0.29) is 0 Å². The van der Waals surface area contributed by atoms with E-state index in [1.165, 1.54) is 51.4 Å². The summed E-state index contributed by atoms with van der Waals surface area (Å²) in [7, 11) is 0. The molecule has 0 bridgehead atoms. The van der Waals surface area contributed by atoms with Gasteiger partial charge >= 0.3 is 5.97 Å². The number of rotatable bonds is 13. The smallest absolute Gasteiger partial charge is 0.303 e. The first-order valence-corrected chi connectivity index (χ1v) is 8.03. The molecule has 0 radical (unpaired) electrons. The highest BCUT2D eigenvalue weighted by Gasteiger charge is 1.95. The predicted octanol–water partition coefficient (Wildman–Crippen LogP) is 5.33. The van der Waals surface area contributed by atoms with E-state index in [9.17, 15) is 4.79 Å². The van der Waals surface area contributed by atoms with Crippen LogP contribution in [0.5, 0.6) is 0 Å². The largest absolute Gasteiger partial charge is 0.481 e. The van der Waals surface area contributed by atoms with Crippen molar-refractivity contribution in [3.63, 3.8) is 0 Å². The molecule has 0 aromatic rings. The summed E-state index contributed by atoms with van der Waals surface area (Å²) in [6.07, 6.45) is 17.6. The molecule has 0 saturated carbocycles. The Morgan fingerprint density at radius 2 is 1.45 bits per heavy atom. The minimum Gasteiger partial charge on any atom is -0.481 e. The van der Waals surface area contributed by atoms with Gasteiger partial charge in [0.25, 0.3) is 0 Å². The summed E-state index contributed by atoms with van der Waals surface area (Å²) in [5.41, 5.74) is 0. The summed E-state index contributed by atoms with van der Waals surface area (Å²) in [4.78, 5) is 10.3. The van der Waals surface area contributed by atoms with Crippen molar-refractivity contribution < 1.29 is 9.90 Å². The molecule has 0 rings (SSSR count). The Labute approximate surface area is 124 Å². The first kappa shape index (κ1) is 18.8. The third-order valence-electron chi connectivity index (χ3n) is 3.28. The lowest BCUT2D eigenvalue weighted by atomic mass is 10.1. The number of aliphatic carboxylic acids is 1. The maximum Gasteiger partial charge on any atom is 0.303 e. The summed E-state index contributed by atoms with van der Waals surface area (Å²) >= 11 is 0. The molecule has 2 nitrogen and oxygen atoms in total. The Kier molecular flexibility index (Phi) is 14.9. The van der Waals surface area contributed by atoms with E-state index in [4.69, 9.17) is 5.11 Å². The van der Waals surface area contributed by atoms with Crippen molar-refractivity contribution in [1.82, 2.24) is 0 Å². The van der Waals surface area contributed by atoms with Crippen LogP contribution in [0, 0.1) is 11.8 Å². The Balaban J connectivity index is 3.11. The van der Waals surface area contributed by atoms with Gasteiger partial charge in [0.1, 0.15) is 0 Å². The highest BCUT2D eigenvalue weighted by atomic mass is 16.4. The molecule has 0 aromatic heterocycles. The molecular formula is C18H30O2. The summed E-state index contributed by atoms with van der Waals surface area (Å²) < 4.78 is 0. The molecule has 0 amide bonds. The van der Waals surface area contributed by atoms with Gasteiger partial charge in [-0.25, -0.2) is 0 Å². The summed E-state index contributed by atoms with van der Waals surface area (Å²) in [5, 5.41) is 8.50. The van der Waals surface area contributed by atoms with Crippen LogP contribution in [-0.4, -0.2) is 11.1 Å². The average molecular weight is 278 g/mol. The normalized spacial score (nSPS) is 10.4. The van der Waals surface area contributed by atoms with Crippen LogP contribution in [0.15, 0.2) is 12.2 Å². The van der Waals surface area contributed by atoms with Crippen molar-refractivity contribution in [1.29, 1.82) is 0 Å². The third kappa shape index (κ3) is 16.8. The van der Waals surface area contributed by atoms with Crippen molar-refractivity contribution in [2.75, 3.05) is 0 Å². The van der Waals surface area contributed by atoms with Gasteiger partial charge in [-0.05, 0) is 45.4 Å². The molecule has 20 heavy (non-hydrogen) atoms. The molecule has 114 valence electrons. The first-order chi connectivity index (χ1) is 9.77. The van der Waals surface area contributed by atoms with E-state index in [2.05, 4.69) is 24.0 Å². The van der Waals surface area contributed by atoms with Gasteiger partial charge in [-0.15, -0.1) is 11.8 Å². The number of hydrogen-bond donors (Lipinski definition) is 1. The lowest BCUT2D eigenvalue weighted by Gasteiger charge is -1.98. The third-order valence-corrected chi connectivity index (χ3v) is 3.28. The maximum absolute atomic E-state index is 10.3. The van der Waals surface area contributed by atoms with Crippen LogP contribution >= 0.6 is 0 Å². The highest BCUT2D eigenvalue weighted by Crippen LogP contribution is 2.08. The Morgan fingerprint density at radius 3 is 2.05 bits per heavy atom. The van der Waals surface area contributed by atoms with Crippen molar-refractivity contribution in [2.24, 2.45) is 0 Å². The van der Waals surface area contributed by atoms with Gasteiger partial charge in [0.2, 0.25) is 0 Å². The monoisotopic (exact) mass is 278 g/mol. The van der Waals surface area contributed by atoms with Crippen molar-refractivity contribution in [2.45, 2.75) is 84.0 Å². The van der Waals surface area contributed by atoms with Crippen molar-refractivity contribution in [3.8, 4) is 11.8 Å². The van der Waals surface area contributed by atoms with Gasteiger partial charge < -0.3 is 5.11 Å². The number of hydrogen-bond acceptors (Lipinski definition) is 1. The second-order valence-electron chi connectivity index (χ2n) is 5.20. The van der Waals surface area contributed by atoms with Gasteiger partial charge in [0, 0.05) is 12.8 Å². The zero-order valence-electron chi connectivity index (χ0n) is 13.0. The Bertz CT molecular complexity index is 307. The fourth-order valence-corrected chi connectivity index (χ4v) is 2.08. The number of carbonyl (C=O) groups is 1. The van der Waals surface area contributed by atoms with Gasteiger partial charge in [0.15, 0.2) is 0 Å². The predicted molar refractivity (Wildman–Crippen MR) is 85.6 cm³/mol. The van der Waals surface area contributed by atoms with Crippen LogP contribution < -0.4 is 0 Å². The topological polar surface area (TPSA) is 37.3 Å². The van der Waals surface area contributed by atoms with Gasteiger partial charge in [-0.1, -0.05) is 37.8 Å². The van der Waals surface area contributed by atoms with E-state index < -0.39 is 5.97 Å². The maximum atomic E-state index is 10.3. The second kappa shape index (κ2) is 15.8. The SMILES string of the molecule is CC#CCCCCCC=CCCCCCCCC(=O)O. The van der Waals surface area contributed by atoms with Crippen molar-refractivity contribution in [3.05, 3.63) is 12.2 Å². The fraction of sp³-hybridized carbons (Fsp3) is 0.722. The minimum atomic E-state index is -0.672. The molecular weight excluding hydrogens is 248 g/mol. The summed E-state index contributed by atoms with van der Waals surface area (Å²) in [5.74, 6) is 5.35. The molecule has 0 unspecified atom stereocenters. The molecule has 0 aliphatic heterocycles. The molecule has 2 heteroatoms. The van der Waals surface area contributed by atoms with Crippen LogP contribution in [0.2, 0.25) is 0 Å². The standard InChI is InChI=1S/C18H30O2/c1-2-3-4-5-6-7-8-9-10-11-12-13-14-15-16-17-18(19)20/h9-10H,4-8,11-17H2,1H3,(H,19,20). The fourth-order valence-electron chi connectivity index (χ4n) is 2.08. The highest BCUT2D eigenvalue weighted by molar-refractivity contribution is 5.66. The molecule has 0 fully saturated rings. The molecule has 0 aliphatic carbocycles. The van der Waals surface area contributed by atoms with E-state index in [1.54, 1.807) is 0 Å². The summed E-state index contributed by atoms with van der Waals surface area (Å²) in [6.45, 7) is 1.90. The Morgan fingerprint density at radius 1 is 0.900 bits per heavy atom. The number of carboxylic acids is 1. The lowest BCUT2D eigenvalue weighted by molar-refractivity contribution is -0.137. The van der Waals surface area contributed by atoms with E-state index in [0.29, 0.717) is 6.42 Å². The zero-order chi connectivity index (χ0) is 14.9. The number of carboxylic acid groups (broad SMARTS) is 1. The van der Waals surface area contributed by atoms with Crippen LogP contribution in [0.3, 0.4) is 0 Å². The van der Waals surface area contributed by atoms with Gasteiger partial charge in [-0.3, -0.25) is 4.79 Å². The Hall–Kier alpha value is -1.23. The molecule has 1 N–H and O–H groups in total. The molecule has 0 saturated heterocycles. The van der Waals surface area contributed by atoms with Crippen LogP contribution in [0.1, 0.15) is 84.0 Å². The molecule has 0 atom stereocenters. The molecule has 0 heterocycles. The van der Waals surface area contributed by atoms with E-state index in [1.807, 2.05) is 6.92 Å². The minimum absolute atomic E-state index is 0.323. The lowest BCUT2D eigenvalue weighted by Crippen LogP contribution is -1.93. The van der Waals surface area contributed by atoms with Gasteiger partial charge in [0.05, 0.1) is 0 Å². The molecule has 0 spiro atoms. The second-order valence-corrected chi connectivity index (χ2v) is 5.20. The zero-order valence-corrected chi connectivity index (χ0v) is 13.0. The quantitative estimate of drug-likeness (QED) is 0.281. The van der Waals surface area contributed by atoms with E-state index >= 15 is 0 Å². The van der Waals surface area contributed by atoms with Crippen molar-refractivity contribution >= 4 is 5.97 Å². The molecule has 0 aliphatic rings. The summed E-state index contributed by atoms with van der Waals surface area (Å²) in [6, 6.07) is 0. The van der Waals surface area contributed by atoms with E-state index in [0.717, 1.165) is 19.3 Å². The number of allylic oxidation sites excluding steroid dienone is 2. The number of unbranched alkanes of at least 4 members (excludes halogenated alkanes) is 9. The average Bonchev–Trinajstić information content (AvgIpc) is 2.43. The first-order valence-electron chi connectivity index (χ1n) is 8.03. The van der Waals surface area contributed by atoms with Crippen LogP contribution in [0.25, 0.3) is 0 Å².